The number of hydrogen-bond donors (Lipinski definition) is 1. The number of carboxylic acid groups (broad SMARTS) is 1. The third-order valence-electron chi connectivity index (χ3n) is 3.02. The van der Waals surface area contributed by atoms with E-state index < -0.39 is 5.97 Å². The van der Waals surface area contributed by atoms with E-state index in [1.165, 1.54) is 5.69 Å². The van der Waals surface area contributed by atoms with Gasteiger partial charge in [-0.15, -0.1) is 0 Å². The molecule has 0 spiro atoms. The van der Waals surface area contributed by atoms with Crippen molar-refractivity contribution in [2.75, 3.05) is 0 Å². The molecule has 0 saturated heterocycles. The van der Waals surface area contributed by atoms with Crippen molar-refractivity contribution < 1.29 is 9.90 Å². The molecule has 17 heavy (non-hydrogen) atoms. The highest BCUT2D eigenvalue weighted by molar-refractivity contribution is 5.88. The molecule has 3 nitrogen and oxygen atoms in total. The summed E-state index contributed by atoms with van der Waals surface area (Å²) in [6, 6.07) is 8.33. The predicted molar refractivity (Wildman–Crippen MR) is 68.4 cm³/mol. The Hall–Kier alpha value is -1.77. The highest BCUT2D eigenvalue weighted by Crippen LogP contribution is 2.26. The minimum absolute atomic E-state index is 0.0822. The summed E-state index contributed by atoms with van der Waals surface area (Å²) in [5.74, 6) is -0.785. The van der Waals surface area contributed by atoms with Crippen LogP contribution in [0.5, 0.6) is 0 Å². The SMILES string of the molecule is Cc1cc2c(CC(=O)O)cccc2n1C(C)C. The number of rotatable bonds is 3. The summed E-state index contributed by atoms with van der Waals surface area (Å²) in [5, 5.41) is 9.96. The summed E-state index contributed by atoms with van der Waals surface area (Å²) in [6.45, 7) is 6.33. The van der Waals surface area contributed by atoms with Crippen LogP contribution >= 0.6 is 0 Å². The van der Waals surface area contributed by atoms with Gasteiger partial charge in [0.2, 0.25) is 0 Å². The first-order chi connectivity index (χ1) is 8.00. The molecule has 0 bridgehead atoms. The van der Waals surface area contributed by atoms with Crippen molar-refractivity contribution in [2.45, 2.75) is 33.2 Å². The average molecular weight is 231 g/mol. The van der Waals surface area contributed by atoms with Crippen LogP contribution in [0.25, 0.3) is 10.9 Å². The van der Waals surface area contributed by atoms with E-state index in [4.69, 9.17) is 5.11 Å². The van der Waals surface area contributed by atoms with Crippen molar-refractivity contribution in [3.8, 4) is 0 Å². The van der Waals surface area contributed by atoms with Crippen molar-refractivity contribution in [2.24, 2.45) is 0 Å². The van der Waals surface area contributed by atoms with Gasteiger partial charge in [0.25, 0.3) is 0 Å². The smallest absolute Gasteiger partial charge is 0.307 e. The number of aromatic nitrogens is 1. The maximum atomic E-state index is 10.8. The summed E-state index contributed by atoms with van der Waals surface area (Å²) in [4.78, 5) is 10.8. The molecule has 90 valence electrons. The Morgan fingerprint density at radius 1 is 1.41 bits per heavy atom. The lowest BCUT2D eigenvalue weighted by molar-refractivity contribution is -0.136. The quantitative estimate of drug-likeness (QED) is 0.881. The van der Waals surface area contributed by atoms with Crippen LogP contribution in [-0.2, 0) is 11.2 Å². The number of carbonyl (C=O) groups is 1. The van der Waals surface area contributed by atoms with Gasteiger partial charge in [-0.3, -0.25) is 4.79 Å². The Morgan fingerprint density at radius 3 is 2.71 bits per heavy atom. The van der Waals surface area contributed by atoms with Gasteiger partial charge < -0.3 is 9.67 Å². The number of fused-ring (bicyclic) bond motifs is 1. The third kappa shape index (κ3) is 2.05. The highest BCUT2D eigenvalue weighted by atomic mass is 16.4. The Kier molecular flexibility index (Phi) is 2.92. The van der Waals surface area contributed by atoms with E-state index in [2.05, 4.69) is 31.4 Å². The second kappa shape index (κ2) is 4.24. The molecular formula is C14H17NO2. The molecule has 0 aliphatic heterocycles. The molecule has 3 heteroatoms. The van der Waals surface area contributed by atoms with Crippen LogP contribution in [0.4, 0.5) is 0 Å². The molecule has 1 N–H and O–H groups in total. The van der Waals surface area contributed by atoms with E-state index in [0.717, 1.165) is 16.5 Å². The first-order valence-corrected chi connectivity index (χ1v) is 5.82. The molecule has 0 atom stereocenters. The Labute approximate surface area is 101 Å². The van der Waals surface area contributed by atoms with Crippen molar-refractivity contribution in [3.63, 3.8) is 0 Å². The van der Waals surface area contributed by atoms with Crippen LogP contribution < -0.4 is 0 Å². The molecule has 0 aliphatic rings. The van der Waals surface area contributed by atoms with Gasteiger partial charge in [-0.2, -0.15) is 0 Å². The van der Waals surface area contributed by atoms with Gasteiger partial charge in [0.05, 0.1) is 6.42 Å². The number of carboxylic acids is 1. The summed E-state index contributed by atoms with van der Waals surface area (Å²) >= 11 is 0. The summed E-state index contributed by atoms with van der Waals surface area (Å²) in [6.07, 6.45) is 0.0822. The van der Waals surface area contributed by atoms with Gasteiger partial charge in [-0.25, -0.2) is 0 Å². The number of nitrogens with zero attached hydrogens (tertiary/aromatic N) is 1. The van der Waals surface area contributed by atoms with Gasteiger partial charge in [0.1, 0.15) is 0 Å². The predicted octanol–water partition coefficient (Wildman–Crippen LogP) is 3.16. The Bertz CT molecular complexity index is 567. The summed E-state index contributed by atoms with van der Waals surface area (Å²) < 4.78 is 2.24. The standard InChI is InChI=1S/C14H17NO2/c1-9(2)15-10(3)7-12-11(8-14(16)17)5-4-6-13(12)15/h4-7,9H,8H2,1-3H3,(H,16,17). The fourth-order valence-electron chi connectivity index (χ4n) is 2.45. The minimum atomic E-state index is -0.785. The second-order valence-corrected chi connectivity index (χ2v) is 4.67. The van der Waals surface area contributed by atoms with E-state index in [9.17, 15) is 4.79 Å². The van der Waals surface area contributed by atoms with Gasteiger partial charge in [-0.1, -0.05) is 12.1 Å². The molecule has 0 radical (unpaired) electrons. The van der Waals surface area contributed by atoms with Crippen molar-refractivity contribution >= 4 is 16.9 Å². The maximum Gasteiger partial charge on any atom is 0.307 e. The molecule has 1 heterocycles. The summed E-state index contributed by atoms with van der Waals surface area (Å²) in [7, 11) is 0. The van der Waals surface area contributed by atoms with E-state index in [-0.39, 0.29) is 6.42 Å². The molecule has 0 unspecified atom stereocenters. The van der Waals surface area contributed by atoms with Crippen LogP contribution in [0.15, 0.2) is 24.3 Å². The van der Waals surface area contributed by atoms with Gasteiger partial charge >= 0.3 is 5.97 Å². The molecule has 1 aromatic carbocycles. The fourth-order valence-corrected chi connectivity index (χ4v) is 2.45. The van der Waals surface area contributed by atoms with Crippen LogP contribution in [-0.4, -0.2) is 15.6 Å². The van der Waals surface area contributed by atoms with Crippen LogP contribution in [0.3, 0.4) is 0 Å². The minimum Gasteiger partial charge on any atom is -0.481 e. The van der Waals surface area contributed by atoms with Crippen molar-refractivity contribution in [3.05, 3.63) is 35.5 Å². The van der Waals surface area contributed by atoms with Gasteiger partial charge in [-0.05, 0) is 38.5 Å². The second-order valence-electron chi connectivity index (χ2n) is 4.67. The average Bonchev–Trinajstić information content (AvgIpc) is 2.54. The van der Waals surface area contributed by atoms with Gasteiger partial charge in [0.15, 0.2) is 0 Å². The van der Waals surface area contributed by atoms with Crippen molar-refractivity contribution in [1.82, 2.24) is 4.57 Å². The zero-order valence-electron chi connectivity index (χ0n) is 10.4. The van der Waals surface area contributed by atoms with Gasteiger partial charge in [0, 0.05) is 22.6 Å². The topological polar surface area (TPSA) is 42.2 Å². The lowest BCUT2D eigenvalue weighted by Crippen LogP contribution is -2.03. The Morgan fingerprint density at radius 2 is 2.12 bits per heavy atom. The van der Waals surface area contributed by atoms with E-state index in [0.29, 0.717) is 6.04 Å². The molecule has 1 aromatic heterocycles. The van der Waals surface area contributed by atoms with Crippen LogP contribution in [0, 0.1) is 6.92 Å². The van der Waals surface area contributed by atoms with Crippen LogP contribution in [0.1, 0.15) is 31.1 Å². The Balaban J connectivity index is 2.66. The fraction of sp³-hybridized carbons (Fsp3) is 0.357. The molecule has 0 saturated carbocycles. The molecule has 2 aromatic rings. The molecule has 0 amide bonds. The highest BCUT2D eigenvalue weighted by Gasteiger charge is 2.12. The van der Waals surface area contributed by atoms with E-state index >= 15 is 0 Å². The molecule has 2 rings (SSSR count). The number of benzene rings is 1. The third-order valence-corrected chi connectivity index (χ3v) is 3.02. The first kappa shape index (κ1) is 11.7. The first-order valence-electron chi connectivity index (χ1n) is 5.82. The van der Waals surface area contributed by atoms with Crippen molar-refractivity contribution in [1.29, 1.82) is 0 Å². The van der Waals surface area contributed by atoms with E-state index in [1.54, 1.807) is 0 Å². The maximum absolute atomic E-state index is 10.8. The normalized spacial score (nSPS) is 11.3. The molecule has 0 fully saturated rings. The van der Waals surface area contributed by atoms with E-state index in [1.807, 2.05) is 18.2 Å². The lowest BCUT2D eigenvalue weighted by atomic mass is 10.1. The largest absolute Gasteiger partial charge is 0.481 e. The zero-order valence-corrected chi connectivity index (χ0v) is 10.4. The number of hydrogen-bond acceptors (Lipinski definition) is 1. The molecular weight excluding hydrogens is 214 g/mol. The van der Waals surface area contributed by atoms with Crippen LogP contribution in [0.2, 0.25) is 0 Å². The monoisotopic (exact) mass is 231 g/mol. The zero-order chi connectivity index (χ0) is 12.6. The molecule has 0 aliphatic carbocycles. The summed E-state index contributed by atoms with van der Waals surface area (Å²) in [5.41, 5.74) is 3.18. The number of aliphatic carboxylic acids is 1. The number of aryl methyl sites for hydroxylation is 1. The lowest BCUT2D eigenvalue weighted by Gasteiger charge is -2.12.